The number of aliphatic carboxylic acids is 1. The van der Waals surface area contributed by atoms with Crippen LogP contribution in [0.3, 0.4) is 0 Å². The number of aryl methyl sites for hydroxylation is 1. The molecule has 3 aromatic rings. The average molecular weight is 305 g/mol. The van der Waals surface area contributed by atoms with Crippen molar-refractivity contribution in [1.82, 2.24) is 0 Å². The minimum Gasteiger partial charge on any atom is -0.481 e. The third-order valence-corrected chi connectivity index (χ3v) is 3.59. The van der Waals surface area contributed by atoms with Gasteiger partial charge in [-0.25, -0.2) is 4.42 Å². The first kappa shape index (κ1) is 15.0. The highest BCUT2D eigenvalue weighted by molar-refractivity contribution is 5.70. The van der Waals surface area contributed by atoms with Crippen LogP contribution in [-0.4, -0.2) is 11.1 Å². The molecule has 1 N–H and O–H groups in total. The van der Waals surface area contributed by atoms with E-state index >= 15 is 0 Å². The maximum absolute atomic E-state index is 10.8. The number of hydrogen-bond acceptors (Lipinski definition) is 1. The molecule has 0 amide bonds. The van der Waals surface area contributed by atoms with E-state index in [4.69, 9.17) is 9.52 Å². The van der Waals surface area contributed by atoms with Gasteiger partial charge in [0, 0.05) is 11.6 Å². The van der Waals surface area contributed by atoms with E-state index in [1.807, 2.05) is 72.8 Å². The zero-order valence-electron chi connectivity index (χ0n) is 12.6. The molecule has 0 saturated carbocycles. The van der Waals surface area contributed by atoms with Crippen molar-refractivity contribution in [2.75, 3.05) is 0 Å². The van der Waals surface area contributed by atoms with Crippen LogP contribution in [0.25, 0.3) is 22.5 Å². The smallest absolute Gasteiger partial charge is 0.360 e. The summed E-state index contributed by atoms with van der Waals surface area (Å²) < 4.78 is 5.91. The van der Waals surface area contributed by atoms with Gasteiger partial charge in [-0.15, -0.1) is 0 Å². The Morgan fingerprint density at radius 1 is 0.826 bits per heavy atom. The van der Waals surface area contributed by atoms with E-state index in [-0.39, 0.29) is 6.42 Å². The first-order valence-corrected chi connectivity index (χ1v) is 7.52. The van der Waals surface area contributed by atoms with Crippen LogP contribution in [0.4, 0.5) is 0 Å². The fraction of sp³-hybridized carbons (Fsp3) is 0.100. The van der Waals surface area contributed by atoms with Gasteiger partial charge in [-0.05, 0) is 17.7 Å². The van der Waals surface area contributed by atoms with E-state index < -0.39 is 5.97 Å². The van der Waals surface area contributed by atoms with Crippen molar-refractivity contribution in [3.8, 4) is 22.5 Å². The summed E-state index contributed by atoms with van der Waals surface area (Å²) in [6, 6.07) is 23.8. The molecule has 0 unspecified atom stereocenters. The van der Waals surface area contributed by atoms with Crippen LogP contribution < -0.4 is 0 Å². The highest BCUT2D eigenvalue weighted by Gasteiger charge is 2.19. The normalized spacial score (nSPS) is 10.4. The Morgan fingerprint density at radius 3 is 2.04 bits per heavy atom. The summed E-state index contributed by atoms with van der Waals surface area (Å²) in [5, 5.41) is 8.91. The monoisotopic (exact) mass is 305 g/mol. The Kier molecular flexibility index (Phi) is 4.48. The highest BCUT2D eigenvalue weighted by Crippen LogP contribution is 2.28. The van der Waals surface area contributed by atoms with E-state index in [9.17, 15) is 4.79 Å². The van der Waals surface area contributed by atoms with Gasteiger partial charge in [0.1, 0.15) is 0 Å². The second-order valence-corrected chi connectivity index (χ2v) is 5.30. The van der Waals surface area contributed by atoms with Crippen molar-refractivity contribution < 1.29 is 14.3 Å². The maximum atomic E-state index is 10.8. The van der Waals surface area contributed by atoms with E-state index in [1.54, 1.807) is 0 Å². The summed E-state index contributed by atoms with van der Waals surface area (Å²) in [6.07, 6.45) is 0.422. The van der Waals surface area contributed by atoms with Gasteiger partial charge in [0.25, 0.3) is 0 Å². The number of carbonyl (C=O) groups is 1. The largest absolute Gasteiger partial charge is 0.481 e. The molecule has 3 rings (SSSR count). The summed E-state index contributed by atoms with van der Waals surface area (Å²) in [4.78, 5) is 10.8. The molecule has 1 aromatic heterocycles. The number of hydrogen-bond donors (Lipinski definition) is 1. The topological polar surface area (TPSA) is 48.6 Å². The van der Waals surface area contributed by atoms with Crippen LogP contribution in [0.2, 0.25) is 0 Å². The molecule has 0 fully saturated rings. The van der Waals surface area contributed by atoms with E-state index in [0.717, 1.165) is 22.5 Å². The molecule has 0 aliphatic heterocycles. The SMILES string of the molecule is O=C(O)CCc1cc(-c2ccccc2)cc(-c2ccccc2)[o+]1. The van der Waals surface area contributed by atoms with Crippen LogP contribution >= 0.6 is 0 Å². The first-order valence-electron chi connectivity index (χ1n) is 7.52. The zero-order chi connectivity index (χ0) is 16.1. The average Bonchev–Trinajstić information content (AvgIpc) is 2.61. The molecule has 114 valence electrons. The standard InChI is InChI=1S/C20H16O3/c21-20(22)12-11-18-13-17(15-7-3-1-4-8-15)14-19(23-18)16-9-5-2-6-10-16/h1-10,13-14H,11-12H2/p+1. The van der Waals surface area contributed by atoms with Crippen molar-refractivity contribution >= 4 is 5.97 Å². The summed E-state index contributed by atoms with van der Waals surface area (Å²) in [6.45, 7) is 0. The van der Waals surface area contributed by atoms with Crippen LogP contribution in [0.1, 0.15) is 12.2 Å². The molecule has 0 aliphatic rings. The van der Waals surface area contributed by atoms with Gasteiger partial charge in [-0.3, -0.25) is 4.79 Å². The predicted molar refractivity (Wildman–Crippen MR) is 89.9 cm³/mol. The van der Waals surface area contributed by atoms with Crippen molar-refractivity contribution in [3.63, 3.8) is 0 Å². The Bertz CT molecular complexity index is 738. The zero-order valence-corrected chi connectivity index (χ0v) is 12.6. The summed E-state index contributed by atoms with van der Waals surface area (Å²) in [5.41, 5.74) is 3.08. The van der Waals surface area contributed by atoms with Crippen molar-refractivity contribution in [3.05, 3.63) is 78.6 Å². The maximum Gasteiger partial charge on any atom is 0.360 e. The lowest BCUT2D eigenvalue weighted by Gasteiger charge is -2.01. The van der Waals surface area contributed by atoms with Crippen molar-refractivity contribution in [2.45, 2.75) is 12.8 Å². The van der Waals surface area contributed by atoms with Gasteiger partial charge in [-0.1, -0.05) is 48.5 Å². The first-order chi connectivity index (χ1) is 11.2. The molecule has 0 atom stereocenters. The molecular formula is C20H17O3+. The van der Waals surface area contributed by atoms with Gasteiger partial charge in [-0.2, -0.15) is 0 Å². The van der Waals surface area contributed by atoms with Gasteiger partial charge < -0.3 is 5.11 Å². The fourth-order valence-corrected chi connectivity index (χ4v) is 2.45. The Balaban J connectivity index is 2.05. The van der Waals surface area contributed by atoms with E-state index in [1.165, 1.54) is 0 Å². The number of carboxylic acids is 1. The molecule has 0 saturated heterocycles. The van der Waals surface area contributed by atoms with Gasteiger partial charge in [0.15, 0.2) is 0 Å². The lowest BCUT2D eigenvalue weighted by atomic mass is 10.0. The molecule has 0 aliphatic carbocycles. The van der Waals surface area contributed by atoms with Crippen LogP contribution in [0.5, 0.6) is 0 Å². The Hall–Kier alpha value is -2.94. The summed E-state index contributed by atoms with van der Waals surface area (Å²) >= 11 is 0. The number of rotatable bonds is 5. The van der Waals surface area contributed by atoms with Crippen molar-refractivity contribution in [1.29, 1.82) is 0 Å². The third-order valence-electron chi connectivity index (χ3n) is 3.59. The molecule has 1 heterocycles. The van der Waals surface area contributed by atoms with E-state index in [2.05, 4.69) is 0 Å². The number of carboxylic acid groups (broad SMARTS) is 1. The van der Waals surface area contributed by atoms with Crippen LogP contribution in [0, 0.1) is 0 Å². The van der Waals surface area contributed by atoms with Gasteiger partial charge >= 0.3 is 17.5 Å². The Labute approximate surface area is 134 Å². The highest BCUT2D eigenvalue weighted by atomic mass is 16.4. The molecule has 3 nitrogen and oxygen atoms in total. The third kappa shape index (κ3) is 3.83. The van der Waals surface area contributed by atoms with Gasteiger partial charge in [0.2, 0.25) is 0 Å². The van der Waals surface area contributed by atoms with Gasteiger partial charge in [0.05, 0.1) is 24.5 Å². The van der Waals surface area contributed by atoms with E-state index in [0.29, 0.717) is 12.2 Å². The predicted octanol–water partition coefficient (Wildman–Crippen LogP) is 4.91. The summed E-state index contributed by atoms with van der Waals surface area (Å²) in [5.74, 6) is 0.589. The summed E-state index contributed by atoms with van der Waals surface area (Å²) in [7, 11) is 0. The minimum absolute atomic E-state index is 0.0516. The second kappa shape index (κ2) is 6.88. The molecule has 2 aromatic carbocycles. The van der Waals surface area contributed by atoms with Crippen LogP contribution in [-0.2, 0) is 11.2 Å². The quantitative estimate of drug-likeness (QED) is 0.681. The Morgan fingerprint density at radius 2 is 1.43 bits per heavy atom. The molecular weight excluding hydrogens is 288 g/mol. The molecule has 0 bridgehead atoms. The molecule has 0 spiro atoms. The lowest BCUT2D eigenvalue weighted by molar-refractivity contribution is -0.137. The molecule has 0 radical (unpaired) electrons. The lowest BCUT2D eigenvalue weighted by Crippen LogP contribution is -1.98. The molecule has 3 heteroatoms. The van der Waals surface area contributed by atoms with Crippen LogP contribution in [0.15, 0.2) is 77.2 Å². The molecule has 23 heavy (non-hydrogen) atoms. The second-order valence-electron chi connectivity index (χ2n) is 5.30. The fourth-order valence-electron chi connectivity index (χ4n) is 2.45. The minimum atomic E-state index is -0.827. The van der Waals surface area contributed by atoms with Crippen molar-refractivity contribution in [2.24, 2.45) is 0 Å². The number of benzene rings is 2.